The van der Waals surface area contributed by atoms with E-state index >= 15 is 0 Å². The second kappa shape index (κ2) is 7.06. The second-order valence-corrected chi connectivity index (χ2v) is 7.41. The van der Waals surface area contributed by atoms with E-state index in [-0.39, 0.29) is 5.91 Å². The molecule has 0 saturated carbocycles. The number of aliphatic hydroxyl groups is 1. The number of furan rings is 1. The van der Waals surface area contributed by atoms with Crippen LogP contribution in [0.4, 0.5) is 0 Å². The molecular weight excluding hydrogens is 354 g/mol. The highest BCUT2D eigenvalue weighted by Crippen LogP contribution is 2.36. The van der Waals surface area contributed by atoms with Crippen LogP contribution in [0.15, 0.2) is 40.8 Å². The summed E-state index contributed by atoms with van der Waals surface area (Å²) < 4.78 is 11.7. The molecule has 1 amide bonds. The quantitative estimate of drug-likeness (QED) is 0.868. The van der Waals surface area contributed by atoms with Crippen molar-refractivity contribution in [2.24, 2.45) is 0 Å². The molecule has 1 aromatic carbocycles. The highest BCUT2D eigenvalue weighted by atomic mass is 35.5. The van der Waals surface area contributed by atoms with Crippen LogP contribution >= 0.6 is 11.6 Å². The number of aliphatic hydroxyl groups excluding tert-OH is 1. The van der Waals surface area contributed by atoms with Gasteiger partial charge in [0.2, 0.25) is 0 Å². The standard InChI is InChI=1S/C20H22ClNO4/c21-15-5-2-1-4-14(15)16-7-8-17(26-16)19(24)22-11-9-20(10-12-22)18(23)6-3-13-25-20/h1-2,4-5,7-8,18,23H,3,6,9-13H2/t18-/m0/s1. The lowest BCUT2D eigenvalue weighted by Gasteiger charge is -2.46. The number of halogens is 1. The second-order valence-electron chi connectivity index (χ2n) is 7.01. The number of rotatable bonds is 2. The maximum atomic E-state index is 12.8. The molecule has 5 nitrogen and oxygen atoms in total. The molecule has 3 heterocycles. The summed E-state index contributed by atoms with van der Waals surface area (Å²) in [6.45, 7) is 1.79. The zero-order chi connectivity index (χ0) is 18.1. The van der Waals surface area contributed by atoms with Crippen molar-refractivity contribution >= 4 is 17.5 Å². The van der Waals surface area contributed by atoms with Gasteiger partial charge < -0.3 is 19.2 Å². The smallest absolute Gasteiger partial charge is 0.289 e. The molecule has 6 heteroatoms. The van der Waals surface area contributed by atoms with Gasteiger partial charge in [-0.3, -0.25) is 4.79 Å². The largest absolute Gasteiger partial charge is 0.451 e. The molecule has 26 heavy (non-hydrogen) atoms. The van der Waals surface area contributed by atoms with Gasteiger partial charge in [0, 0.05) is 25.3 Å². The minimum absolute atomic E-state index is 0.136. The zero-order valence-electron chi connectivity index (χ0n) is 14.5. The number of hydrogen-bond donors (Lipinski definition) is 1. The van der Waals surface area contributed by atoms with Gasteiger partial charge in [0.1, 0.15) is 5.76 Å². The topological polar surface area (TPSA) is 62.9 Å². The van der Waals surface area contributed by atoms with E-state index in [4.69, 9.17) is 20.8 Å². The molecule has 1 atom stereocenters. The van der Waals surface area contributed by atoms with Gasteiger partial charge in [0.15, 0.2) is 5.76 Å². The molecule has 1 N–H and O–H groups in total. The fourth-order valence-electron chi connectivity index (χ4n) is 3.89. The van der Waals surface area contributed by atoms with E-state index < -0.39 is 11.7 Å². The lowest BCUT2D eigenvalue weighted by atomic mass is 9.82. The van der Waals surface area contributed by atoms with Crippen molar-refractivity contribution in [3.8, 4) is 11.3 Å². The summed E-state index contributed by atoms with van der Waals surface area (Å²) in [6, 6.07) is 10.9. The summed E-state index contributed by atoms with van der Waals surface area (Å²) in [6.07, 6.45) is 2.52. The highest BCUT2D eigenvalue weighted by molar-refractivity contribution is 6.33. The zero-order valence-corrected chi connectivity index (χ0v) is 15.2. The Morgan fingerprint density at radius 2 is 1.96 bits per heavy atom. The van der Waals surface area contributed by atoms with E-state index in [2.05, 4.69) is 0 Å². The van der Waals surface area contributed by atoms with Gasteiger partial charge in [-0.2, -0.15) is 0 Å². The van der Waals surface area contributed by atoms with Gasteiger partial charge in [-0.1, -0.05) is 23.7 Å². The molecule has 2 aliphatic heterocycles. The minimum atomic E-state index is -0.485. The summed E-state index contributed by atoms with van der Waals surface area (Å²) in [4.78, 5) is 14.5. The third-order valence-electron chi connectivity index (χ3n) is 5.47. The van der Waals surface area contributed by atoms with Crippen LogP contribution in [-0.2, 0) is 4.74 Å². The molecule has 1 spiro atoms. The molecule has 2 aromatic rings. The number of likely N-dealkylation sites (tertiary alicyclic amines) is 1. The average molecular weight is 376 g/mol. The first-order valence-corrected chi connectivity index (χ1v) is 9.43. The monoisotopic (exact) mass is 375 g/mol. The molecule has 0 radical (unpaired) electrons. The third-order valence-corrected chi connectivity index (χ3v) is 5.80. The van der Waals surface area contributed by atoms with Gasteiger partial charge in [-0.15, -0.1) is 0 Å². The van der Waals surface area contributed by atoms with Crippen molar-refractivity contribution < 1.29 is 19.1 Å². The predicted molar refractivity (Wildman–Crippen MR) is 98.2 cm³/mol. The van der Waals surface area contributed by atoms with E-state index in [1.807, 2.05) is 18.2 Å². The summed E-state index contributed by atoms with van der Waals surface area (Å²) >= 11 is 6.20. The van der Waals surface area contributed by atoms with Gasteiger partial charge in [0.05, 0.1) is 16.7 Å². The Kier molecular flexibility index (Phi) is 4.78. The van der Waals surface area contributed by atoms with Crippen molar-refractivity contribution in [1.29, 1.82) is 0 Å². The van der Waals surface area contributed by atoms with Crippen LogP contribution in [-0.4, -0.2) is 47.3 Å². The summed E-state index contributed by atoms with van der Waals surface area (Å²) in [5.74, 6) is 0.753. The molecule has 1 aromatic heterocycles. The van der Waals surface area contributed by atoms with Crippen LogP contribution in [0.5, 0.6) is 0 Å². The molecule has 2 fully saturated rings. The molecule has 2 saturated heterocycles. The molecule has 2 aliphatic rings. The number of ether oxygens (including phenoxy) is 1. The number of carbonyl (C=O) groups is 1. The number of benzene rings is 1. The average Bonchev–Trinajstić information content (AvgIpc) is 3.15. The van der Waals surface area contributed by atoms with Crippen LogP contribution in [0.3, 0.4) is 0 Å². The Bertz CT molecular complexity index is 795. The van der Waals surface area contributed by atoms with Gasteiger partial charge in [0.25, 0.3) is 5.91 Å². The van der Waals surface area contributed by atoms with Gasteiger partial charge >= 0.3 is 0 Å². The number of nitrogens with zero attached hydrogens (tertiary/aromatic N) is 1. The normalized spacial score (nSPS) is 22.5. The summed E-state index contributed by atoms with van der Waals surface area (Å²) in [7, 11) is 0. The van der Waals surface area contributed by atoms with Crippen molar-refractivity contribution in [3.63, 3.8) is 0 Å². The van der Waals surface area contributed by atoms with E-state index in [9.17, 15) is 9.90 Å². The number of hydrogen-bond acceptors (Lipinski definition) is 4. The van der Waals surface area contributed by atoms with Crippen LogP contribution in [0.25, 0.3) is 11.3 Å². The fourth-order valence-corrected chi connectivity index (χ4v) is 4.12. The lowest BCUT2D eigenvalue weighted by Crippen LogP contribution is -2.56. The van der Waals surface area contributed by atoms with Crippen molar-refractivity contribution in [3.05, 3.63) is 47.2 Å². The SMILES string of the molecule is O=C(c1ccc(-c2ccccc2Cl)o1)N1CCC2(CC1)OCCC[C@@H]2O. The Balaban J connectivity index is 1.45. The van der Waals surface area contributed by atoms with Crippen LogP contribution in [0.2, 0.25) is 5.02 Å². The summed E-state index contributed by atoms with van der Waals surface area (Å²) in [5.41, 5.74) is 0.283. The van der Waals surface area contributed by atoms with E-state index in [0.29, 0.717) is 49.1 Å². The van der Waals surface area contributed by atoms with Crippen LogP contribution in [0.1, 0.15) is 36.2 Å². The first-order chi connectivity index (χ1) is 12.6. The molecule has 138 valence electrons. The third kappa shape index (κ3) is 3.15. The molecule has 0 bridgehead atoms. The Morgan fingerprint density at radius 1 is 1.19 bits per heavy atom. The Labute approximate surface area is 157 Å². The van der Waals surface area contributed by atoms with Gasteiger partial charge in [-0.05, 0) is 49.9 Å². The van der Waals surface area contributed by atoms with Crippen molar-refractivity contribution in [1.82, 2.24) is 4.90 Å². The van der Waals surface area contributed by atoms with Crippen molar-refractivity contribution in [2.45, 2.75) is 37.4 Å². The Morgan fingerprint density at radius 3 is 2.69 bits per heavy atom. The highest BCUT2D eigenvalue weighted by Gasteiger charge is 2.44. The van der Waals surface area contributed by atoms with E-state index in [1.54, 1.807) is 23.1 Å². The Hall–Kier alpha value is -1.82. The van der Waals surface area contributed by atoms with Crippen molar-refractivity contribution in [2.75, 3.05) is 19.7 Å². The first kappa shape index (κ1) is 17.6. The van der Waals surface area contributed by atoms with Crippen LogP contribution < -0.4 is 0 Å². The number of piperidine rings is 1. The maximum absolute atomic E-state index is 12.8. The van der Waals surface area contributed by atoms with E-state index in [0.717, 1.165) is 18.4 Å². The molecular formula is C20H22ClNO4. The van der Waals surface area contributed by atoms with E-state index in [1.165, 1.54) is 0 Å². The maximum Gasteiger partial charge on any atom is 0.289 e. The minimum Gasteiger partial charge on any atom is -0.451 e. The fraction of sp³-hybridized carbons (Fsp3) is 0.450. The molecule has 4 rings (SSSR count). The summed E-state index contributed by atoms with van der Waals surface area (Å²) in [5, 5.41) is 10.9. The number of amides is 1. The van der Waals surface area contributed by atoms with Gasteiger partial charge in [-0.25, -0.2) is 0 Å². The lowest BCUT2D eigenvalue weighted by molar-refractivity contribution is -0.174. The number of carbonyl (C=O) groups excluding carboxylic acids is 1. The van der Waals surface area contributed by atoms with Crippen LogP contribution in [0, 0.1) is 0 Å². The molecule has 0 aliphatic carbocycles. The first-order valence-electron chi connectivity index (χ1n) is 9.05. The molecule has 0 unspecified atom stereocenters. The predicted octanol–water partition coefficient (Wildman–Crippen LogP) is 3.75.